The SMILES string of the molecule is CC(C)CC(=O)Nc1ccc(N2CCc3ccccc3C2)c(C(=O)NCCCN2CCOCC2)c1. The molecule has 2 heterocycles. The van der Waals surface area contributed by atoms with Crippen LogP contribution in [0, 0.1) is 5.92 Å². The number of ether oxygens (including phenoxy) is 1. The molecule has 4 rings (SSSR count). The van der Waals surface area contributed by atoms with Crippen molar-refractivity contribution in [3.05, 3.63) is 59.2 Å². The van der Waals surface area contributed by atoms with Crippen LogP contribution in [0.25, 0.3) is 0 Å². The molecule has 35 heavy (non-hydrogen) atoms. The topological polar surface area (TPSA) is 73.9 Å². The summed E-state index contributed by atoms with van der Waals surface area (Å²) in [6.45, 7) is 10.7. The Morgan fingerprint density at radius 3 is 2.57 bits per heavy atom. The summed E-state index contributed by atoms with van der Waals surface area (Å²) in [6.07, 6.45) is 2.29. The zero-order valence-corrected chi connectivity index (χ0v) is 21.0. The van der Waals surface area contributed by atoms with Crippen LogP contribution in [0.4, 0.5) is 11.4 Å². The van der Waals surface area contributed by atoms with E-state index in [9.17, 15) is 9.59 Å². The van der Waals surface area contributed by atoms with E-state index in [1.807, 2.05) is 32.0 Å². The second-order valence-corrected chi connectivity index (χ2v) is 9.88. The van der Waals surface area contributed by atoms with Crippen molar-refractivity contribution in [2.75, 3.05) is 56.2 Å². The number of fused-ring (bicyclic) bond motifs is 1. The molecular weight excluding hydrogens is 440 g/mol. The van der Waals surface area contributed by atoms with Crippen LogP contribution in [-0.2, 0) is 22.5 Å². The largest absolute Gasteiger partial charge is 0.379 e. The van der Waals surface area contributed by atoms with Gasteiger partial charge in [-0.2, -0.15) is 0 Å². The Balaban J connectivity index is 1.47. The monoisotopic (exact) mass is 478 g/mol. The van der Waals surface area contributed by atoms with Gasteiger partial charge in [-0.3, -0.25) is 14.5 Å². The maximum absolute atomic E-state index is 13.3. The molecule has 0 atom stereocenters. The Bertz CT molecular complexity index is 1020. The van der Waals surface area contributed by atoms with Gasteiger partial charge in [0, 0.05) is 50.5 Å². The molecule has 2 N–H and O–H groups in total. The van der Waals surface area contributed by atoms with E-state index in [0.29, 0.717) is 24.2 Å². The summed E-state index contributed by atoms with van der Waals surface area (Å²) in [6, 6.07) is 14.2. The summed E-state index contributed by atoms with van der Waals surface area (Å²) in [7, 11) is 0. The number of benzene rings is 2. The van der Waals surface area contributed by atoms with Crippen molar-refractivity contribution < 1.29 is 14.3 Å². The van der Waals surface area contributed by atoms with Crippen molar-refractivity contribution in [2.24, 2.45) is 5.92 Å². The molecule has 1 fully saturated rings. The molecule has 0 aromatic heterocycles. The number of nitrogens with one attached hydrogen (secondary N) is 2. The lowest BCUT2D eigenvalue weighted by Gasteiger charge is -2.32. The Kier molecular flexibility index (Phi) is 8.77. The van der Waals surface area contributed by atoms with Gasteiger partial charge in [0.25, 0.3) is 5.91 Å². The maximum Gasteiger partial charge on any atom is 0.253 e. The predicted molar refractivity (Wildman–Crippen MR) is 140 cm³/mol. The van der Waals surface area contributed by atoms with Gasteiger partial charge in [-0.05, 0) is 54.6 Å². The first-order valence-electron chi connectivity index (χ1n) is 12.8. The van der Waals surface area contributed by atoms with Crippen molar-refractivity contribution in [2.45, 2.75) is 39.7 Å². The molecule has 0 radical (unpaired) electrons. The van der Waals surface area contributed by atoms with E-state index in [-0.39, 0.29) is 17.7 Å². The number of amides is 2. The van der Waals surface area contributed by atoms with E-state index in [0.717, 1.165) is 64.5 Å². The zero-order valence-electron chi connectivity index (χ0n) is 21.0. The van der Waals surface area contributed by atoms with Crippen molar-refractivity contribution in [1.29, 1.82) is 0 Å². The molecule has 7 heteroatoms. The van der Waals surface area contributed by atoms with Crippen LogP contribution >= 0.6 is 0 Å². The van der Waals surface area contributed by atoms with Crippen LogP contribution in [0.3, 0.4) is 0 Å². The second-order valence-electron chi connectivity index (χ2n) is 9.88. The lowest BCUT2D eigenvalue weighted by molar-refractivity contribution is -0.116. The highest BCUT2D eigenvalue weighted by atomic mass is 16.5. The molecule has 1 saturated heterocycles. The third kappa shape index (κ3) is 7.05. The van der Waals surface area contributed by atoms with Gasteiger partial charge in [0.2, 0.25) is 5.91 Å². The summed E-state index contributed by atoms with van der Waals surface area (Å²) in [5, 5.41) is 6.08. The highest BCUT2D eigenvalue weighted by molar-refractivity contribution is 6.02. The molecule has 2 amide bonds. The van der Waals surface area contributed by atoms with E-state index >= 15 is 0 Å². The van der Waals surface area contributed by atoms with Gasteiger partial charge in [-0.1, -0.05) is 38.1 Å². The van der Waals surface area contributed by atoms with Crippen molar-refractivity contribution in [1.82, 2.24) is 10.2 Å². The van der Waals surface area contributed by atoms with E-state index < -0.39 is 0 Å². The Labute approximate surface area is 208 Å². The van der Waals surface area contributed by atoms with E-state index in [4.69, 9.17) is 4.74 Å². The summed E-state index contributed by atoms with van der Waals surface area (Å²) >= 11 is 0. The third-order valence-corrected chi connectivity index (χ3v) is 6.63. The van der Waals surface area contributed by atoms with Gasteiger partial charge in [0.1, 0.15) is 0 Å². The molecule has 2 aliphatic heterocycles. The molecule has 0 bridgehead atoms. The fourth-order valence-corrected chi connectivity index (χ4v) is 4.78. The minimum atomic E-state index is -0.0965. The summed E-state index contributed by atoms with van der Waals surface area (Å²) in [4.78, 5) is 30.3. The van der Waals surface area contributed by atoms with Crippen LogP contribution in [0.2, 0.25) is 0 Å². The van der Waals surface area contributed by atoms with Crippen LogP contribution in [0.1, 0.15) is 48.2 Å². The number of hydrogen-bond donors (Lipinski definition) is 2. The molecule has 2 aromatic carbocycles. The van der Waals surface area contributed by atoms with Gasteiger partial charge in [0.05, 0.1) is 18.8 Å². The van der Waals surface area contributed by atoms with Crippen LogP contribution < -0.4 is 15.5 Å². The quantitative estimate of drug-likeness (QED) is 0.538. The zero-order chi connectivity index (χ0) is 24.6. The number of hydrogen-bond acceptors (Lipinski definition) is 5. The second kappa shape index (κ2) is 12.2. The fraction of sp³-hybridized carbons (Fsp3) is 0.500. The van der Waals surface area contributed by atoms with Gasteiger partial charge in [-0.25, -0.2) is 0 Å². The first-order valence-corrected chi connectivity index (χ1v) is 12.8. The number of nitrogens with zero attached hydrogens (tertiary/aromatic N) is 2. The molecule has 0 aliphatic carbocycles. The van der Waals surface area contributed by atoms with E-state index in [1.54, 1.807) is 0 Å². The Morgan fingerprint density at radius 1 is 1.03 bits per heavy atom. The Morgan fingerprint density at radius 2 is 1.80 bits per heavy atom. The molecule has 2 aliphatic rings. The summed E-state index contributed by atoms with van der Waals surface area (Å²) in [5.41, 5.74) is 4.85. The lowest BCUT2D eigenvalue weighted by atomic mass is 9.98. The smallest absolute Gasteiger partial charge is 0.253 e. The minimum Gasteiger partial charge on any atom is -0.379 e. The number of anilines is 2. The molecule has 188 valence electrons. The summed E-state index contributed by atoms with van der Waals surface area (Å²) in [5.74, 6) is 0.147. The maximum atomic E-state index is 13.3. The van der Waals surface area contributed by atoms with Crippen LogP contribution in [0.5, 0.6) is 0 Å². The molecule has 0 saturated carbocycles. The van der Waals surface area contributed by atoms with Gasteiger partial charge in [-0.15, -0.1) is 0 Å². The third-order valence-electron chi connectivity index (χ3n) is 6.63. The van der Waals surface area contributed by atoms with Crippen molar-refractivity contribution >= 4 is 23.2 Å². The first-order chi connectivity index (χ1) is 17.0. The molecule has 0 spiro atoms. The summed E-state index contributed by atoms with van der Waals surface area (Å²) < 4.78 is 5.41. The fourth-order valence-electron chi connectivity index (χ4n) is 4.78. The van der Waals surface area contributed by atoms with Gasteiger partial charge >= 0.3 is 0 Å². The van der Waals surface area contributed by atoms with E-state index in [1.165, 1.54) is 11.1 Å². The van der Waals surface area contributed by atoms with Crippen molar-refractivity contribution in [3.63, 3.8) is 0 Å². The number of rotatable bonds is 9. The van der Waals surface area contributed by atoms with Crippen LogP contribution in [-0.4, -0.2) is 62.7 Å². The highest BCUT2D eigenvalue weighted by Gasteiger charge is 2.22. The molecule has 0 unspecified atom stereocenters. The highest BCUT2D eigenvalue weighted by Crippen LogP contribution is 2.29. The molecule has 7 nitrogen and oxygen atoms in total. The number of morpholine rings is 1. The predicted octanol–water partition coefficient (Wildman–Crippen LogP) is 3.69. The Hall–Kier alpha value is -2.90. The standard InChI is InChI=1S/C28H38N4O3/c1-21(2)18-27(33)30-24-8-9-26(32-13-10-22-6-3-4-7-23(22)20-32)25(19-24)28(34)29-11-5-12-31-14-16-35-17-15-31/h3-4,6-9,19,21H,5,10-18,20H2,1-2H3,(H,29,34)(H,30,33). The average Bonchev–Trinajstić information content (AvgIpc) is 2.86. The normalized spacial score (nSPS) is 16.1. The number of carbonyl (C=O) groups excluding carboxylic acids is 2. The molecular formula is C28H38N4O3. The van der Waals surface area contributed by atoms with Crippen molar-refractivity contribution in [3.8, 4) is 0 Å². The number of carbonyl (C=O) groups is 2. The van der Waals surface area contributed by atoms with E-state index in [2.05, 4.69) is 44.7 Å². The molecule has 2 aromatic rings. The van der Waals surface area contributed by atoms with Crippen LogP contribution in [0.15, 0.2) is 42.5 Å². The lowest BCUT2D eigenvalue weighted by Crippen LogP contribution is -2.38. The van der Waals surface area contributed by atoms with Gasteiger partial charge < -0.3 is 20.3 Å². The minimum absolute atomic E-state index is 0.0310. The average molecular weight is 479 g/mol. The van der Waals surface area contributed by atoms with Gasteiger partial charge in [0.15, 0.2) is 0 Å². The first kappa shape index (κ1) is 25.2.